The summed E-state index contributed by atoms with van der Waals surface area (Å²) in [5, 5.41) is 2.34. The van der Waals surface area contributed by atoms with Crippen LogP contribution in [0.2, 0.25) is 0 Å². The number of halogens is 6. The Labute approximate surface area is 193 Å². The number of aromatic nitrogens is 1. The summed E-state index contributed by atoms with van der Waals surface area (Å²) >= 11 is 0. The van der Waals surface area contributed by atoms with Gasteiger partial charge in [-0.1, -0.05) is 30.9 Å². The van der Waals surface area contributed by atoms with Crippen molar-refractivity contribution in [3.63, 3.8) is 0 Å². The second kappa shape index (κ2) is 11.3. The van der Waals surface area contributed by atoms with Gasteiger partial charge in [0.1, 0.15) is 5.69 Å². The van der Waals surface area contributed by atoms with Crippen molar-refractivity contribution >= 4 is 15.7 Å². The standard InChI is InChI=1S/C22H22F6N2O3S/c1-5-7-8-16(12-30-20(31)17-9-10-19(29-13-17)22(26,27)28)15(4)34(32,33)18(6-2)11-14(3)21(23,24)25/h5-11,13H,4,12H2,1-3H3,(H,30,31)/b7-5-,14-11+,16-8-,18-6+. The highest BCUT2D eigenvalue weighted by molar-refractivity contribution is 7.99. The molecule has 0 aromatic carbocycles. The van der Waals surface area contributed by atoms with Crippen LogP contribution >= 0.6 is 0 Å². The number of hydrogen-bond donors (Lipinski definition) is 1. The molecule has 12 heteroatoms. The zero-order valence-corrected chi connectivity index (χ0v) is 19.2. The summed E-state index contributed by atoms with van der Waals surface area (Å²) in [5.74, 6) is -0.850. The normalized spacial score (nSPS) is 14.4. The lowest BCUT2D eigenvalue weighted by Crippen LogP contribution is -2.27. The smallest absolute Gasteiger partial charge is 0.348 e. The van der Waals surface area contributed by atoms with Crippen LogP contribution in [0.3, 0.4) is 0 Å². The van der Waals surface area contributed by atoms with Crippen LogP contribution in [0.1, 0.15) is 36.8 Å². The Morgan fingerprint density at radius 3 is 2.21 bits per heavy atom. The van der Waals surface area contributed by atoms with Crippen LogP contribution in [0.25, 0.3) is 0 Å². The van der Waals surface area contributed by atoms with E-state index >= 15 is 0 Å². The number of sulfone groups is 1. The van der Waals surface area contributed by atoms with Crippen molar-refractivity contribution < 1.29 is 39.6 Å². The lowest BCUT2D eigenvalue weighted by molar-refractivity contribution is -0.141. The Hall–Kier alpha value is -3.15. The molecule has 0 fully saturated rings. The first-order valence-electron chi connectivity index (χ1n) is 9.55. The van der Waals surface area contributed by atoms with E-state index in [9.17, 15) is 39.6 Å². The number of allylic oxidation sites excluding steroid dienone is 6. The molecule has 5 nitrogen and oxygen atoms in total. The molecule has 1 heterocycles. The molecule has 0 bridgehead atoms. The molecule has 1 aromatic rings. The number of carbonyl (C=O) groups excluding carboxylic acids is 1. The third kappa shape index (κ3) is 7.72. The molecule has 1 N–H and O–H groups in total. The largest absolute Gasteiger partial charge is 0.433 e. The highest BCUT2D eigenvalue weighted by atomic mass is 32.2. The lowest BCUT2D eigenvalue weighted by Gasteiger charge is -2.15. The van der Waals surface area contributed by atoms with Gasteiger partial charge in [-0.25, -0.2) is 8.42 Å². The number of rotatable bonds is 8. The van der Waals surface area contributed by atoms with Crippen LogP contribution in [0.15, 0.2) is 76.2 Å². The van der Waals surface area contributed by atoms with Crippen LogP contribution in [0.5, 0.6) is 0 Å². The number of nitrogens with zero attached hydrogens (tertiary/aromatic N) is 1. The topological polar surface area (TPSA) is 76.1 Å². The molecule has 1 rings (SSSR count). The van der Waals surface area contributed by atoms with Crippen LogP contribution in [0, 0.1) is 0 Å². The fourth-order valence-electron chi connectivity index (χ4n) is 2.36. The van der Waals surface area contributed by atoms with E-state index in [0.29, 0.717) is 18.3 Å². The Kier molecular flexibility index (Phi) is 9.62. The predicted octanol–water partition coefficient (Wildman–Crippen LogP) is 5.67. The quantitative estimate of drug-likeness (QED) is 0.363. The molecular formula is C22H22F6N2O3S. The van der Waals surface area contributed by atoms with Gasteiger partial charge in [-0.3, -0.25) is 9.78 Å². The van der Waals surface area contributed by atoms with Gasteiger partial charge in [0, 0.05) is 18.3 Å². The van der Waals surface area contributed by atoms with Gasteiger partial charge in [-0.05, 0) is 44.6 Å². The minimum Gasteiger partial charge on any atom is -0.348 e. The maximum Gasteiger partial charge on any atom is 0.433 e. The Bertz CT molecular complexity index is 1140. The second-order valence-corrected chi connectivity index (χ2v) is 8.74. The minimum absolute atomic E-state index is 0.0521. The first-order chi connectivity index (χ1) is 15.6. The molecule has 0 aliphatic heterocycles. The van der Waals surface area contributed by atoms with E-state index in [-0.39, 0.29) is 11.1 Å². The summed E-state index contributed by atoms with van der Waals surface area (Å²) in [6.45, 7) is 6.63. The van der Waals surface area contributed by atoms with E-state index in [4.69, 9.17) is 0 Å². The molecule has 0 aliphatic carbocycles. The summed E-state index contributed by atoms with van der Waals surface area (Å²) in [6, 6.07) is 1.51. The molecular weight excluding hydrogens is 486 g/mol. The average molecular weight is 508 g/mol. The van der Waals surface area contributed by atoms with E-state index in [1.807, 2.05) is 0 Å². The predicted molar refractivity (Wildman–Crippen MR) is 116 cm³/mol. The molecule has 0 unspecified atom stereocenters. The van der Waals surface area contributed by atoms with Crippen molar-refractivity contribution in [3.8, 4) is 0 Å². The Morgan fingerprint density at radius 1 is 1.15 bits per heavy atom. The number of nitrogens with one attached hydrogen (secondary N) is 1. The van der Waals surface area contributed by atoms with Crippen molar-refractivity contribution in [2.24, 2.45) is 0 Å². The molecule has 0 saturated heterocycles. The van der Waals surface area contributed by atoms with Crippen LogP contribution in [-0.2, 0) is 16.0 Å². The molecule has 1 amide bonds. The molecule has 34 heavy (non-hydrogen) atoms. The van der Waals surface area contributed by atoms with E-state index < -0.39 is 55.7 Å². The average Bonchev–Trinajstić information content (AvgIpc) is 2.75. The van der Waals surface area contributed by atoms with Gasteiger partial charge < -0.3 is 5.32 Å². The van der Waals surface area contributed by atoms with Gasteiger partial charge in [-0.2, -0.15) is 26.3 Å². The molecule has 0 atom stereocenters. The monoisotopic (exact) mass is 508 g/mol. The van der Waals surface area contributed by atoms with Gasteiger partial charge in [0.2, 0.25) is 9.84 Å². The third-order valence-corrected chi connectivity index (χ3v) is 6.21. The fourth-order valence-corrected chi connectivity index (χ4v) is 3.77. The van der Waals surface area contributed by atoms with E-state index in [0.717, 1.165) is 19.1 Å². The summed E-state index contributed by atoms with van der Waals surface area (Å²) in [5.41, 5.74) is -2.61. The fraction of sp³-hybridized carbons (Fsp3) is 0.273. The summed E-state index contributed by atoms with van der Waals surface area (Å²) in [6.07, 6.45) is -3.01. The van der Waals surface area contributed by atoms with Crippen LogP contribution in [0.4, 0.5) is 26.3 Å². The highest BCUT2D eigenvalue weighted by Gasteiger charge is 2.33. The Balaban J connectivity index is 3.18. The van der Waals surface area contributed by atoms with Gasteiger partial charge >= 0.3 is 12.4 Å². The summed E-state index contributed by atoms with van der Waals surface area (Å²) in [7, 11) is -4.47. The van der Waals surface area contributed by atoms with Gasteiger partial charge in [0.25, 0.3) is 5.91 Å². The molecule has 186 valence electrons. The number of pyridine rings is 1. The maximum atomic E-state index is 12.9. The van der Waals surface area contributed by atoms with Crippen LogP contribution in [-0.4, -0.2) is 32.0 Å². The second-order valence-electron chi connectivity index (χ2n) is 6.77. The van der Waals surface area contributed by atoms with Crippen molar-refractivity contribution in [2.45, 2.75) is 33.1 Å². The first kappa shape index (κ1) is 28.9. The summed E-state index contributed by atoms with van der Waals surface area (Å²) < 4.78 is 102. The van der Waals surface area contributed by atoms with E-state index in [1.54, 1.807) is 6.92 Å². The third-order valence-electron chi connectivity index (χ3n) is 4.33. The van der Waals surface area contributed by atoms with E-state index in [1.165, 1.54) is 25.2 Å². The molecule has 1 aromatic heterocycles. The molecule has 0 aliphatic rings. The number of amides is 1. The summed E-state index contributed by atoms with van der Waals surface area (Å²) in [4.78, 5) is 14.3. The van der Waals surface area contributed by atoms with Gasteiger partial charge in [-0.15, -0.1) is 0 Å². The highest BCUT2D eigenvalue weighted by Crippen LogP contribution is 2.30. The van der Waals surface area contributed by atoms with Gasteiger partial charge in [0.15, 0.2) is 0 Å². The SMILES string of the molecule is C=C(/C(=C\C=C/C)CNC(=O)c1ccc(C(F)(F)F)nc1)S(=O)(=O)C(/C=C(\C)C(F)(F)F)=C/C. The zero-order chi connectivity index (χ0) is 26.3. The molecule has 0 spiro atoms. The number of alkyl halides is 6. The van der Waals surface area contributed by atoms with Gasteiger partial charge in [0.05, 0.1) is 15.4 Å². The van der Waals surface area contributed by atoms with Crippen LogP contribution < -0.4 is 5.32 Å². The first-order valence-corrected chi connectivity index (χ1v) is 11.0. The molecule has 0 radical (unpaired) electrons. The van der Waals surface area contributed by atoms with Crippen molar-refractivity contribution in [1.82, 2.24) is 10.3 Å². The zero-order valence-electron chi connectivity index (χ0n) is 18.4. The van der Waals surface area contributed by atoms with Crippen molar-refractivity contribution in [1.29, 1.82) is 0 Å². The maximum absolute atomic E-state index is 12.9. The number of carbonyl (C=O) groups is 1. The van der Waals surface area contributed by atoms with Crippen molar-refractivity contribution in [2.75, 3.05) is 6.54 Å². The minimum atomic E-state index is -4.74. The van der Waals surface area contributed by atoms with E-state index in [2.05, 4.69) is 16.9 Å². The Morgan fingerprint density at radius 2 is 1.76 bits per heavy atom. The van der Waals surface area contributed by atoms with Crippen molar-refractivity contribution in [3.05, 3.63) is 87.5 Å². The number of hydrogen-bond acceptors (Lipinski definition) is 4. The lowest BCUT2D eigenvalue weighted by atomic mass is 10.2. The molecule has 0 saturated carbocycles.